The highest BCUT2D eigenvalue weighted by Crippen LogP contribution is 2.23. The van der Waals surface area contributed by atoms with Gasteiger partial charge in [-0.2, -0.15) is 0 Å². The molecule has 0 spiro atoms. The fourth-order valence-corrected chi connectivity index (χ4v) is 2.70. The summed E-state index contributed by atoms with van der Waals surface area (Å²) in [5.74, 6) is -1.60. The number of ether oxygens (including phenoxy) is 1. The van der Waals surface area contributed by atoms with Gasteiger partial charge in [-0.05, 0) is 49.1 Å². The quantitative estimate of drug-likeness (QED) is 0.854. The number of thiophene rings is 1. The molecular formula is C15H13ClFNO3S. The van der Waals surface area contributed by atoms with Gasteiger partial charge < -0.3 is 10.1 Å². The van der Waals surface area contributed by atoms with Crippen LogP contribution < -0.4 is 5.32 Å². The highest BCUT2D eigenvalue weighted by molar-refractivity contribution is 7.12. The van der Waals surface area contributed by atoms with E-state index in [1.165, 1.54) is 30.4 Å². The molecule has 0 bridgehead atoms. The summed E-state index contributed by atoms with van der Waals surface area (Å²) >= 11 is 7.08. The Bertz CT molecular complexity index is 717. The average molecular weight is 342 g/mol. The van der Waals surface area contributed by atoms with Crippen molar-refractivity contribution in [1.29, 1.82) is 0 Å². The van der Waals surface area contributed by atoms with Gasteiger partial charge >= 0.3 is 5.97 Å². The number of anilines is 1. The molecule has 2 rings (SSSR count). The number of nitrogens with one attached hydrogen (secondary N) is 1. The van der Waals surface area contributed by atoms with Crippen molar-refractivity contribution in [2.45, 2.75) is 20.0 Å². The summed E-state index contributed by atoms with van der Waals surface area (Å²) in [6.45, 7) is 3.24. The number of hydrogen-bond acceptors (Lipinski definition) is 4. The van der Waals surface area contributed by atoms with Gasteiger partial charge in [0.2, 0.25) is 0 Å². The van der Waals surface area contributed by atoms with E-state index in [1.807, 2.05) is 0 Å². The van der Waals surface area contributed by atoms with Crippen LogP contribution in [-0.4, -0.2) is 18.0 Å². The number of rotatable bonds is 4. The molecule has 0 aliphatic heterocycles. The number of hydrogen-bond donors (Lipinski definition) is 1. The van der Waals surface area contributed by atoms with Gasteiger partial charge in [0.15, 0.2) is 6.10 Å². The van der Waals surface area contributed by atoms with E-state index < -0.39 is 23.8 Å². The molecule has 1 aromatic carbocycles. The molecule has 0 aliphatic rings. The minimum Gasteiger partial charge on any atom is -0.448 e. The van der Waals surface area contributed by atoms with Gasteiger partial charge in [0.1, 0.15) is 10.7 Å². The van der Waals surface area contributed by atoms with Crippen LogP contribution >= 0.6 is 22.9 Å². The van der Waals surface area contributed by atoms with Crippen molar-refractivity contribution in [3.63, 3.8) is 0 Å². The van der Waals surface area contributed by atoms with Crippen LogP contribution in [-0.2, 0) is 9.53 Å². The number of halogens is 2. The highest BCUT2D eigenvalue weighted by Gasteiger charge is 2.21. The molecule has 4 nitrogen and oxygen atoms in total. The van der Waals surface area contributed by atoms with Crippen LogP contribution in [0.4, 0.5) is 10.1 Å². The molecule has 0 saturated carbocycles. The first kappa shape index (κ1) is 16.5. The Morgan fingerprint density at radius 1 is 1.36 bits per heavy atom. The lowest BCUT2D eigenvalue weighted by Crippen LogP contribution is -2.30. The molecule has 1 amide bonds. The molecule has 2 aromatic rings. The molecule has 1 N–H and O–H groups in total. The first-order chi connectivity index (χ1) is 10.4. The maximum absolute atomic E-state index is 12.9. The molecule has 0 saturated heterocycles. The molecule has 0 radical (unpaired) electrons. The van der Waals surface area contributed by atoms with Gasteiger partial charge in [-0.1, -0.05) is 11.6 Å². The predicted octanol–water partition coefficient (Wildman–Crippen LogP) is 4.03. The van der Waals surface area contributed by atoms with E-state index in [9.17, 15) is 14.0 Å². The van der Waals surface area contributed by atoms with Crippen molar-refractivity contribution in [2.75, 3.05) is 5.32 Å². The summed E-state index contributed by atoms with van der Waals surface area (Å²) in [6, 6.07) is 5.40. The summed E-state index contributed by atoms with van der Waals surface area (Å²) < 4.78 is 18.1. The van der Waals surface area contributed by atoms with E-state index in [-0.39, 0.29) is 10.7 Å². The molecular weight excluding hydrogens is 329 g/mol. The third-order valence-electron chi connectivity index (χ3n) is 2.89. The maximum atomic E-state index is 12.9. The van der Waals surface area contributed by atoms with Gasteiger partial charge in [0.25, 0.3) is 5.91 Å². The van der Waals surface area contributed by atoms with E-state index in [0.717, 1.165) is 11.6 Å². The lowest BCUT2D eigenvalue weighted by Gasteiger charge is -2.14. The molecule has 0 fully saturated rings. The van der Waals surface area contributed by atoms with E-state index in [0.29, 0.717) is 4.88 Å². The third kappa shape index (κ3) is 3.84. The molecule has 22 heavy (non-hydrogen) atoms. The topological polar surface area (TPSA) is 55.4 Å². The minimum atomic E-state index is -1.00. The van der Waals surface area contributed by atoms with E-state index >= 15 is 0 Å². The van der Waals surface area contributed by atoms with Gasteiger partial charge in [-0.15, -0.1) is 11.3 Å². The van der Waals surface area contributed by atoms with Crippen molar-refractivity contribution in [3.8, 4) is 0 Å². The van der Waals surface area contributed by atoms with Gasteiger partial charge in [0.05, 0.1) is 10.7 Å². The van der Waals surface area contributed by atoms with Gasteiger partial charge in [-0.25, -0.2) is 9.18 Å². The second-order valence-corrected chi connectivity index (χ2v) is 5.92. The van der Waals surface area contributed by atoms with Crippen molar-refractivity contribution < 1.29 is 18.7 Å². The summed E-state index contributed by atoms with van der Waals surface area (Å²) in [5, 5.41) is 4.33. The van der Waals surface area contributed by atoms with Crippen LogP contribution in [0.15, 0.2) is 29.6 Å². The normalized spacial score (nSPS) is 11.8. The summed E-state index contributed by atoms with van der Waals surface area (Å²) in [4.78, 5) is 24.4. The number of benzene rings is 1. The van der Waals surface area contributed by atoms with Crippen LogP contribution in [0.25, 0.3) is 0 Å². The van der Waals surface area contributed by atoms with E-state index in [4.69, 9.17) is 16.3 Å². The van der Waals surface area contributed by atoms with Crippen molar-refractivity contribution in [3.05, 3.63) is 50.9 Å². The lowest BCUT2D eigenvalue weighted by molar-refractivity contribution is -0.123. The van der Waals surface area contributed by atoms with Crippen LogP contribution in [0.1, 0.15) is 22.2 Å². The Labute approximate surface area is 135 Å². The number of aryl methyl sites for hydroxylation is 1. The van der Waals surface area contributed by atoms with Crippen LogP contribution in [0.2, 0.25) is 5.02 Å². The number of carbonyl (C=O) groups excluding carboxylic acids is 2. The number of esters is 1. The fraction of sp³-hybridized carbons (Fsp3) is 0.200. The molecule has 0 unspecified atom stereocenters. The Morgan fingerprint density at radius 3 is 2.68 bits per heavy atom. The molecule has 0 aliphatic carbocycles. The third-order valence-corrected chi connectivity index (χ3v) is 4.20. The molecule has 116 valence electrons. The van der Waals surface area contributed by atoms with Gasteiger partial charge in [0, 0.05) is 0 Å². The van der Waals surface area contributed by atoms with Crippen LogP contribution in [0.5, 0.6) is 0 Å². The second kappa shape index (κ2) is 6.89. The number of amides is 1. The predicted molar refractivity (Wildman–Crippen MR) is 84.0 cm³/mol. The van der Waals surface area contributed by atoms with Crippen molar-refractivity contribution >= 4 is 40.5 Å². The van der Waals surface area contributed by atoms with E-state index in [2.05, 4.69) is 5.32 Å². The Balaban J connectivity index is 2.00. The van der Waals surface area contributed by atoms with Crippen LogP contribution in [0, 0.1) is 12.7 Å². The first-order valence-electron chi connectivity index (χ1n) is 6.39. The Morgan fingerprint density at radius 2 is 2.09 bits per heavy atom. The Kier molecular flexibility index (Phi) is 5.15. The zero-order valence-electron chi connectivity index (χ0n) is 11.9. The minimum absolute atomic E-state index is 0.0703. The lowest BCUT2D eigenvalue weighted by atomic mass is 10.2. The summed E-state index contributed by atoms with van der Waals surface area (Å²) in [5.41, 5.74) is 1.05. The molecule has 1 aromatic heterocycles. The SMILES string of the molecule is Cc1ccsc1C(=O)O[C@H](C)C(=O)Nc1ccc(F)cc1Cl. The van der Waals surface area contributed by atoms with Crippen molar-refractivity contribution in [2.24, 2.45) is 0 Å². The zero-order valence-corrected chi connectivity index (χ0v) is 13.4. The molecule has 7 heteroatoms. The second-order valence-electron chi connectivity index (χ2n) is 4.59. The largest absolute Gasteiger partial charge is 0.448 e. The van der Waals surface area contributed by atoms with Crippen LogP contribution in [0.3, 0.4) is 0 Å². The molecule has 1 atom stereocenters. The summed E-state index contributed by atoms with van der Waals surface area (Å²) in [7, 11) is 0. The van der Waals surface area contributed by atoms with E-state index in [1.54, 1.807) is 18.4 Å². The Hall–Kier alpha value is -1.92. The average Bonchev–Trinajstić information content (AvgIpc) is 2.88. The number of carbonyl (C=O) groups is 2. The molecule has 1 heterocycles. The summed E-state index contributed by atoms with van der Waals surface area (Å²) in [6.07, 6.45) is -1.00. The monoisotopic (exact) mass is 341 g/mol. The van der Waals surface area contributed by atoms with Crippen molar-refractivity contribution in [1.82, 2.24) is 0 Å². The van der Waals surface area contributed by atoms with Gasteiger partial charge in [-0.3, -0.25) is 4.79 Å². The first-order valence-corrected chi connectivity index (χ1v) is 7.65. The maximum Gasteiger partial charge on any atom is 0.349 e. The zero-order chi connectivity index (χ0) is 16.3. The standard InChI is InChI=1S/C15H13ClFNO3S/c1-8-5-6-22-13(8)15(20)21-9(2)14(19)18-12-4-3-10(17)7-11(12)16/h3-7,9H,1-2H3,(H,18,19)/t9-/m1/s1. The fourth-order valence-electron chi connectivity index (χ4n) is 1.67. The smallest absolute Gasteiger partial charge is 0.349 e. The highest BCUT2D eigenvalue weighted by atomic mass is 35.5.